The van der Waals surface area contributed by atoms with Crippen LogP contribution < -0.4 is 5.32 Å². The molecule has 1 aromatic carbocycles. The Kier molecular flexibility index (Phi) is 8.10. The highest BCUT2D eigenvalue weighted by atomic mass is 32.2. The molecule has 2 unspecified atom stereocenters. The number of aliphatic imine (C=N–C) groups is 1. The van der Waals surface area contributed by atoms with E-state index in [1.54, 1.807) is 7.05 Å². The zero-order valence-electron chi connectivity index (χ0n) is 16.1. The Morgan fingerprint density at radius 1 is 1.30 bits per heavy atom. The van der Waals surface area contributed by atoms with E-state index in [-0.39, 0.29) is 0 Å². The molecule has 6 nitrogen and oxygen atoms in total. The maximum Gasteiger partial charge on any atom is 0.193 e. The summed E-state index contributed by atoms with van der Waals surface area (Å²) in [7, 11) is 0.818. The van der Waals surface area contributed by atoms with E-state index in [2.05, 4.69) is 15.2 Å². The molecule has 0 aliphatic carbocycles. The van der Waals surface area contributed by atoms with E-state index in [0.717, 1.165) is 62.8 Å². The van der Waals surface area contributed by atoms with Gasteiger partial charge in [0.05, 0.1) is 29.6 Å². The number of piperidine rings is 1. The fourth-order valence-corrected chi connectivity index (χ4v) is 4.52. The second-order valence-corrected chi connectivity index (χ2v) is 8.56. The smallest absolute Gasteiger partial charge is 0.193 e. The SMILES string of the molecule is CN=C(NCCS(=O)c1ccccc1)N1CCC(OCC2CCCO2)CC1. The highest BCUT2D eigenvalue weighted by Crippen LogP contribution is 2.17. The van der Waals surface area contributed by atoms with E-state index in [4.69, 9.17) is 9.47 Å². The van der Waals surface area contributed by atoms with Gasteiger partial charge in [-0.2, -0.15) is 0 Å². The molecule has 1 N–H and O–H groups in total. The van der Waals surface area contributed by atoms with Crippen molar-refractivity contribution < 1.29 is 13.7 Å². The summed E-state index contributed by atoms with van der Waals surface area (Å²) in [5.74, 6) is 1.46. The largest absolute Gasteiger partial charge is 0.376 e. The Bertz CT molecular complexity index is 612. The van der Waals surface area contributed by atoms with E-state index in [9.17, 15) is 4.21 Å². The second kappa shape index (κ2) is 10.8. The molecule has 2 atom stereocenters. The predicted octanol–water partition coefficient (Wildman–Crippen LogP) is 2.03. The normalized spacial score (nSPS) is 22.8. The Balaban J connectivity index is 1.35. The molecular formula is C20H31N3O3S. The lowest BCUT2D eigenvalue weighted by Gasteiger charge is -2.34. The van der Waals surface area contributed by atoms with E-state index >= 15 is 0 Å². The molecule has 0 bridgehead atoms. The number of rotatable bonds is 7. The van der Waals surface area contributed by atoms with Gasteiger partial charge in [-0.25, -0.2) is 0 Å². The summed E-state index contributed by atoms with van der Waals surface area (Å²) in [5, 5.41) is 3.35. The lowest BCUT2D eigenvalue weighted by molar-refractivity contribution is -0.0367. The van der Waals surface area contributed by atoms with Crippen molar-refractivity contribution in [2.45, 2.75) is 42.8 Å². The van der Waals surface area contributed by atoms with E-state index in [0.29, 0.717) is 24.5 Å². The van der Waals surface area contributed by atoms with E-state index in [1.807, 2.05) is 30.3 Å². The predicted molar refractivity (Wildman–Crippen MR) is 109 cm³/mol. The van der Waals surface area contributed by atoms with Gasteiger partial charge in [0.15, 0.2) is 5.96 Å². The van der Waals surface area contributed by atoms with Gasteiger partial charge in [-0.05, 0) is 37.8 Å². The third-order valence-electron chi connectivity index (χ3n) is 5.07. The summed E-state index contributed by atoms with van der Waals surface area (Å²) in [6.45, 7) is 4.10. The minimum Gasteiger partial charge on any atom is -0.376 e. The molecule has 27 heavy (non-hydrogen) atoms. The van der Waals surface area contributed by atoms with Crippen LogP contribution in [-0.2, 0) is 20.3 Å². The zero-order valence-corrected chi connectivity index (χ0v) is 17.0. The van der Waals surface area contributed by atoms with Crippen molar-refractivity contribution in [3.63, 3.8) is 0 Å². The number of nitrogens with zero attached hydrogens (tertiary/aromatic N) is 2. The molecule has 7 heteroatoms. The first kappa shape index (κ1) is 20.3. The average molecular weight is 394 g/mol. The third-order valence-corrected chi connectivity index (χ3v) is 6.44. The summed E-state index contributed by atoms with van der Waals surface area (Å²) in [6.07, 6.45) is 4.90. The van der Waals surface area contributed by atoms with Crippen LogP contribution in [0.2, 0.25) is 0 Å². The summed E-state index contributed by atoms with van der Waals surface area (Å²) < 4.78 is 24.0. The number of guanidine groups is 1. The van der Waals surface area contributed by atoms with Crippen LogP contribution >= 0.6 is 0 Å². The van der Waals surface area contributed by atoms with Gasteiger partial charge >= 0.3 is 0 Å². The highest BCUT2D eigenvalue weighted by Gasteiger charge is 2.24. The number of hydrogen-bond acceptors (Lipinski definition) is 4. The van der Waals surface area contributed by atoms with Crippen molar-refractivity contribution >= 4 is 16.8 Å². The minimum absolute atomic E-state index is 0.294. The van der Waals surface area contributed by atoms with Crippen LogP contribution in [0.4, 0.5) is 0 Å². The number of benzene rings is 1. The monoisotopic (exact) mass is 393 g/mol. The fraction of sp³-hybridized carbons (Fsp3) is 0.650. The van der Waals surface area contributed by atoms with Crippen molar-refractivity contribution in [1.29, 1.82) is 0 Å². The van der Waals surface area contributed by atoms with Crippen molar-refractivity contribution in [3.8, 4) is 0 Å². The molecular weight excluding hydrogens is 362 g/mol. The van der Waals surface area contributed by atoms with Gasteiger partial charge in [-0.15, -0.1) is 0 Å². The molecule has 0 radical (unpaired) electrons. The van der Waals surface area contributed by atoms with Crippen LogP contribution in [0.25, 0.3) is 0 Å². The molecule has 2 fully saturated rings. The maximum absolute atomic E-state index is 12.3. The topological polar surface area (TPSA) is 63.2 Å². The maximum atomic E-state index is 12.3. The standard InChI is InChI=1S/C20H31N3O3S/c1-21-20(22-11-15-27(24)19-7-3-2-4-8-19)23-12-9-17(10-13-23)26-16-18-6-5-14-25-18/h2-4,7-8,17-18H,5-6,9-16H2,1H3,(H,21,22). The summed E-state index contributed by atoms with van der Waals surface area (Å²) in [6, 6.07) is 9.60. The lowest BCUT2D eigenvalue weighted by atomic mass is 10.1. The van der Waals surface area contributed by atoms with Crippen molar-refractivity contribution in [1.82, 2.24) is 10.2 Å². The highest BCUT2D eigenvalue weighted by molar-refractivity contribution is 7.85. The Labute approximate surface area is 164 Å². The zero-order chi connectivity index (χ0) is 18.9. The average Bonchev–Trinajstić information content (AvgIpc) is 3.24. The van der Waals surface area contributed by atoms with Crippen LogP contribution in [-0.4, -0.2) is 72.9 Å². The molecule has 1 aromatic rings. The molecule has 2 aliphatic heterocycles. The number of hydrogen-bond donors (Lipinski definition) is 1. The summed E-state index contributed by atoms with van der Waals surface area (Å²) >= 11 is 0. The molecule has 0 amide bonds. The molecule has 150 valence electrons. The van der Waals surface area contributed by atoms with Crippen LogP contribution in [0.3, 0.4) is 0 Å². The minimum atomic E-state index is -0.985. The van der Waals surface area contributed by atoms with Crippen LogP contribution in [0.1, 0.15) is 25.7 Å². The molecule has 0 spiro atoms. The second-order valence-electron chi connectivity index (χ2n) is 6.99. The lowest BCUT2D eigenvalue weighted by Crippen LogP contribution is -2.47. The molecule has 2 saturated heterocycles. The van der Waals surface area contributed by atoms with Gasteiger partial charge in [-0.1, -0.05) is 18.2 Å². The van der Waals surface area contributed by atoms with Crippen LogP contribution in [0.5, 0.6) is 0 Å². The van der Waals surface area contributed by atoms with Gasteiger partial charge < -0.3 is 19.7 Å². The number of ether oxygens (including phenoxy) is 2. The van der Waals surface area contributed by atoms with E-state index in [1.165, 1.54) is 0 Å². The molecule has 0 aromatic heterocycles. The van der Waals surface area contributed by atoms with Crippen LogP contribution in [0, 0.1) is 0 Å². The van der Waals surface area contributed by atoms with Gasteiger partial charge in [0, 0.05) is 43.9 Å². The Hall–Kier alpha value is -1.44. The first-order valence-corrected chi connectivity index (χ1v) is 11.2. The molecule has 0 saturated carbocycles. The number of likely N-dealkylation sites (tertiary alicyclic amines) is 1. The molecule has 2 heterocycles. The number of nitrogens with one attached hydrogen (secondary N) is 1. The van der Waals surface area contributed by atoms with Crippen molar-refractivity contribution in [2.24, 2.45) is 4.99 Å². The molecule has 2 aliphatic rings. The first-order chi connectivity index (χ1) is 13.3. The molecule has 3 rings (SSSR count). The Morgan fingerprint density at radius 2 is 2.07 bits per heavy atom. The summed E-state index contributed by atoms with van der Waals surface area (Å²) in [5.41, 5.74) is 0. The van der Waals surface area contributed by atoms with Gasteiger partial charge in [0.1, 0.15) is 0 Å². The van der Waals surface area contributed by atoms with Crippen molar-refractivity contribution in [3.05, 3.63) is 30.3 Å². The van der Waals surface area contributed by atoms with Crippen LogP contribution in [0.15, 0.2) is 40.2 Å². The van der Waals surface area contributed by atoms with Crippen molar-refractivity contribution in [2.75, 3.05) is 45.6 Å². The quantitative estimate of drug-likeness (QED) is 0.567. The third kappa shape index (κ3) is 6.30. The van der Waals surface area contributed by atoms with E-state index < -0.39 is 10.8 Å². The summed E-state index contributed by atoms with van der Waals surface area (Å²) in [4.78, 5) is 7.52. The Morgan fingerprint density at radius 3 is 2.74 bits per heavy atom. The van der Waals surface area contributed by atoms with Gasteiger partial charge in [0.2, 0.25) is 0 Å². The fourth-order valence-electron chi connectivity index (χ4n) is 3.53. The van der Waals surface area contributed by atoms with Gasteiger partial charge in [0.25, 0.3) is 0 Å². The first-order valence-electron chi connectivity index (χ1n) is 9.88. The van der Waals surface area contributed by atoms with Gasteiger partial charge in [-0.3, -0.25) is 9.20 Å².